The average Bonchev–Trinajstić information content (AvgIpc) is 2.86. The molecule has 0 N–H and O–H groups in total. The van der Waals surface area contributed by atoms with Gasteiger partial charge in [0.1, 0.15) is 0 Å². The lowest BCUT2D eigenvalue weighted by Gasteiger charge is -2.57. The first-order chi connectivity index (χ1) is 12.7. The van der Waals surface area contributed by atoms with E-state index in [-0.39, 0.29) is 5.41 Å². The molecule has 26 heavy (non-hydrogen) atoms. The lowest BCUT2D eigenvalue weighted by Crippen LogP contribution is -2.58. The molecule has 0 aromatic rings. The summed E-state index contributed by atoms with van der Waals surface area (Å²) >= 11 is 2.06. The summed E-state index contributed by atoms with van der Waals surface area (Å²) in [5.74, 6) is 5.44. The van der Waals surface area contributed by atoms with E-state index in [1.54, 1.807) is 0 Å². The second-order valence-corrected chi connectivity index (χ2v) is 10.8. The Labute approximate surface area is 162 Å². The number of carbonyl (C=O) groups is 1. The van der Waals surface area contributed by atoms with Gasteiger partial charge in [-0.15, -0.1) is 0 Å². The molecule has 146 valence electrons. The van der Waals surface area contributed by atoms with Gasteiger partial charge in [-0.3, -0.25) is 9.69 Å². The van der Waals surface area contributed by atoms with Gasteiger partial charge in [-0.1, -0.05) is 0 Å². The van der Waals surface area contributed by atoms with Crippen LogP contribution in [-0.4, -0.2) is 72.6 Å². The van der Waals surface area contributed by atoms with Crippen LogP contribution in [0.4, 0.5) is 0 Å². The largest absolute Gasteiger partial charge is 0.379 e. The van der Waals surface area contributed by atoms with Crippen LogP contribution < -0.4 is 0 Å². The molecule has 2 aliphatic heterocycles. The number of carbonyl (C=O) groups excluding carboxylic acids is 1. The standard InChI is InChI=1S/C21H34N2O2S/c24-20(21-11-16-8-17(12-21)10-18(9-16)13-21)23-2-1-7-26-15-19(23)14-22-3-5-25-6-4-22/h16-19H,1-15H2. The van der Waals surface area contributed by atoms with Gasteiger partial charge < -0.3 is 9.64 Å². The molecule has 0 aromatic heterocycles. The van der Waals surface area contributed by atoms with Gasteiger partial charge in [0.2, 0.25) is 5.91 Å². The highest BCUT2D eigenvalue weighted by molar-refractivity contribution is 7.99. The second-order valence-electron chi connectivity index (χ2n) is 9.69. The van der Waals surface area contributed by atoms with Crippen LogP contribution in [0.5, 0.6) is 0 Å². The molecule has 0 radical (unpaired) electrons. The number of hydrogen-bond donors (Lipinski definition) is 0. The highest BCUT2D eigenvalue weighted by Crippen LogP contribution is 2.60. The summed E-state index contributed by atoms with van der Waals surface area (Å²) in [6.45, 7) is 5.80. The number of hydrogen-bond acceptors (Lipinski definition) is 4. The summed E-state index contributed by atoms with van der Waals surface area (Å²) in [5, 5.41) is 0. The highest BCUT2D eigenvalue weighted by Gasteiger charge is 2.56. The predicted molar refractivity (Wildman–Crippen MR) is 105 cm³/mol. The third kappa shape index (κ3) is 3.33. The van der Waals surface area contributed by atoms with Crippen LogP contribution in [0, 0.1) is 23.2 Å². The van der Waals surface area contributed by atoms with Gasteiger partial charge in [-0.05, 0) is 68.5 Å². The van der Waals surface area contributed by atoms with E-state index in [0.717, 1.165) is 62.9 Å². The zero-order chi connectivity index (χ0) is 17.6. The second kappa shape index (κ2) is 7.29. The van der Waals surface area contributed by atoms with Crippen molar-refractivity contribution in [2.24, 2.45) is 23.2 Å². The molecule has 6 rings (SSSR count). The zero-order valence-electron chi connectivity index (χ0n) is 16.0. The highest BCUT2D eigenvalue weighted by atomic mass is 32.2. The molecular formula is C21H34N2O2S. The van der Waals surface area contributed by atoms with Crippen molar-refractivity contribution in [1.82, 2.24) is 9.80 Å². The minimum Gasteiger partial charge on any atom is -0.379 e. The monoisotopic (exact) mass is 378 g/mol. The Kier molecular flexibility index (Phi) is 4.99. The fraction of sp³-hybridized carbons (Fsp3) is 0.952. The molecule has 5 heteroatoms. The van der Waals surface area contributed by atoms with E-state index in [9.17, 15) is 4.79 Å². The number of ether oxygens (including phenoxy) is 1. The number of nitrogens with zero attached hydrogens (tertiary/aromatic N) is 2. The predicted octanol–water partition coefficient (Wildman–Crippen LogP) is 2.87. The fourth-order valence-electron chi connectivity index (χ4n) is 7.01. The van der Waals surface area contributed by atoms with Gasteiger partial charge in [-0.25, -0.2) is 0 Å². The minimum atomic E-state index is 0.0208. The van der Waals surface area contributed by atoms with Crippen molar-refractivity contribution in [2.75, 3.05) is 50.9 Å². The maximum Gasteiger partial charge on any atom is 0.229 e. The number of morpholine rings is 1. The Morgan fingerprint density at radius 1 is 1.00 bits per heavy atom. The SMILES string of the molecule is O=C(N1CCCSCC1CN1CCOCC1)C12CC3CC(CC(C3)C1)C2. The third-order valence-corrected chi connectivity index (χ3v) is 8.96. The minimum absolute atomic E-state index is 0.0208. The summed E-state index contributed by atoms with van der Waals surface area (Å²) < 4.78 is 5.53. The molecule has 1 atom stereocenters. The number of amides is 1. The molecule has 1 amide bonds. The van der Waals surface area contributed by atoms with E-state index in [4.69, 9.17) is 4.74 Å². The van der Waals surface area contributed by atoms with Gasteiger partial charge in [0.05, 0.1) is 24.7 Å². The topological polar surface area (TPSA) is 32.8 Å². The maximum atomic E-state index is 13.9. The molecule has 6 aliphatic rings. The van der Waals surface area contributed by atoms with Gasteiger partial charge in [0, 0.05) is 31.9 Å². The van der Waals surface area contributed by atoms with Crippen molar-refractivity contribution in [3.05, 3.63) is 0 Å². The third-order valence-electron chi connectivity index (χ3n) is 7.76. The first kappa shape index (κ1) is 17.8. The van der Waals surface area contributed by atoms with Crippen molar-refractivity contribution in [1.29, 1.82) is 0 Å². The summed E-state index contributed by atoms with van der Waals surface area (Å²) in [5.41, 5.74) is 0.0208. The Morgan fingerprint density at radius 3 is 2.31 bits per heavy atom. The lowest BCUT2D eigenvalue weighted by atomic mass is 9.49. The van der Waals surface area contributed by atoms with E-state index in [1.165, 1.54) is 50.7 Å². The van der Waals surface area contributed by atoms with Crippen LogP contribution in [-0.2, 0) is 9.53 Å². The van der Waals surface area contributed by atoms with Crippen LogP contribution >= 0.6 is 11.8 Å². The number of thioether (sulfide) groups is 1. The fourth-order valence-corrected chi connectivity index (χ4v) is 8.06. The van der Waals surface area contributed by atoms with E-state index in [1.807, 2.05) is 0 Å². The molecule has 6 fully saturated rings. The van der Waals surface area contributed by atoms with E-state index < -0.39 is 0 Å². The average molecular weight is 379 g/mol. The van der Waals surface area contributed by atoms with E-state index in [0.29, 0.717) is 11.9 Å². The molecule has 1 unspecified atom stereocenters. The summed E-state index contributed by atoms with van der Waals surface area (Å²) in [6, 6.07) is 0.404. The molecular weight excluding hydrogens is 344 g/mol. The van der Waals surface area contributed by atoms with Crippen molar-refractivity contribution in [3.8, 4) is 0 Å². The molecule has 4 saturated carbocycles. The Hall–Kier alpha value is -0.260. The first-order valence-corrected chi connectivity index (χ1v) is 12.1. The summed E-state index contributed by atoms with van der Waals surface area (Å²) in [6.07, 6.45) is 9.02. The smallest absolute Gasteiger partial charge is 0.229 e. The van der Waals surface area contributed by atoms with E-state index in [2.05, 4.69) is 21.6 Å². The van der Waals surface area contributed by atoms with Crippen molar-refractivity contribution < 1.29 is 9.53 Å². The Bertz CT molecular complexity index is 499. The Morgan fingerprint density at radius 2 is 1.65 bits per heavy atom. The zero-order valence-corrected chi connectivity index (χ0v) is 16.9. The molecule has 4 bridgehead atoms. The molecule has 4 aliphatic carbocycles. The van der Waals surface area contributed by atoms with Crippen molar-refractivity contribution in [2.45, 2.75) is 51.0 Å². The van der Waals surface area contributed by atoms with Gasteiger partial charge in [0.15, 0.2) is 0 Å². The Balaban J connectivity index is 1.34. The molecule has 2 saturated heterocycles. The lowest BCUT2D eigenvalue weighted by molar-refractivity contribution is -0.160. The van der Waals surface area contributed by atoms with Crippen LogP contribution in [0.25, 0.3) is 0 Å². The molecule has 0 spiro atoms. The molecule has 0 aromatic carbocycles. The van der Waals surface area contributed by atoms with Crippen LogP contribution in [0.3, 0.4) is 0 Å². The van der Waals surface area contributed by atoms with Crippen LogP contribution in [0.2, 0.25) is 0 Å². The van der Waals surface area contributed by atoms with Gasteiger partial charge >= 0.3 is 0 Å². The maximum absolute atomic E-state index is 13.9. The quantitative estimate of drug-likeness (QED) is 0.756. The van der Waals surface area contributed by atoms with Crippen LogP contribution in [0.1, 0.15) is 44.9 Å². The van der Waals surface area contributed by atoms with E-state index >= 15 is 0 Å². The number of rotatable bonds is 3. The molecule has 2 heterocycles. The van der Waals surface area contributed by atoms with Gasteiger partial charge in [-0.2, -0.15) is 11.8 Å². The summed E-state index contributed by atoms with van der Waals surface area (Å²) in [7, 11) is 0. The van der Waals surface area contributed by atoms with Crippen molar-refractivity contribution >= 4 is 17.7 Å². The van der Waals surface area contributed by atoms with Crippen LogP contribution in [0.15, 0.2) is 0 Å². The van der Waals surface area contributed by atoms with Crippen molar-refractivity contribution in [3.63, 3.8) is 0 Å². The first-order valence-electron chi connectivity index (χ1n) is 10.9. The van der Waals surface area contributed by atoms with Gasteiger partial charge in [0.25, 0.3) is 0 Å². The molecule has 4 nitrogen and oxygen atoms in total. The normalized spacial score (nSPS) is 43.5. The summed E-state index contributed by atoms with van der Waals surface area (Å²) in [4.78, 5) is 18.8.